The van der Waals surface area contributed by atoms with Crippen LogP contribution in [0.2, 0.25) is 0 Å². The number of hydrogen-bond donors (Lipinski definition) is 1. The summed E-state index contributed by atoms with van der Waals surface area (Å²) in [6, 6.07) is 17.0. The predicted octanol–water partition coefficient (Wildman–Crippen LogP) is 5.58. The van der Waals surface area contributed by atoms with Gasteiger partial charge >= 0.3 is 0 Å². The van der Waals surface area contributed by atoms with Crippen molar-refractivity contribution < 1.29 is 23.8 Å². The number of hydrogen-bond acceptors (Lipinski definition) is 5. The number of nitrogens with zero attached hydrogens (tertiary/aromatic N) is 1. The number of aliphatic hydroxyl groups is 1. The van der Waals surface area contributed by atoms with Gasteiger partial charge in [-0.25, -0.2) is 0 Å². The molecule has 3 aromatic rings. The van der Waals surface area contributed by atoms with Gasteiger partial charge in [-0.3, -0.25) is 14.5 Å². The average molecular weight is 431 g/mol. The van der Waals surface area contributed by atoms with E-state index in [-0.39, 0.29) is 11.3 Å². The molecule has 1 atom stereocenters. The van der Waals surface area contributed by atoms with Gasteiger partial charge < -0.3 is 14.3 Å². The minimum atomic E-state index is -0.805. The van der Waals surface area contributed by atoms with E-state index in [4.69, 9.17) is 9.15 Å². The lowest BCUT2D eigenvalue weighted by molar-refractivity contribution is -0.117. The molecule has 0 bridgehead atoms. The molecule has 1 N–H and O–H groups in total. The number of Topliss-reactive ketones (excluding diaryl/α,β-unsaturated/α-hetero) is 1. The van der Waals surface area contributed by atoms with Crippen molar-refractivity contribution in [3.63, 3.8) is 0 Å². The minimum Gasteiger partial charge on any atom is -0.503 e. The molecule has 0 radical (unpaired) electrons. The van der Waals surface area contributed by atoms with Crippen LogP contribution in [-0.2, 0) is 4.79 Å². The van der Waals surface area contributed by atoms with E-state index in [1.54, 1.807) is 30.3 Å². The van der Waals surface area contributed by atoms with E-state index >= 15 is 0 Å². The number of aliphatic hydroxyl groups excluding tert-OH is 1. The maximum Gasteiger partial charge on any atom is 0.294 e. The van der Waals surface area contributed by atoms with E-state index in [9.17, 15) is 14.7 Å². The predicted molar refractivity (Wildman–Crippen MR) is 121 cm³/mol. The molecule has 164 valence electrons. The Morgan fingerprint density at radius 1 is 1.09 bits per heavy atom. The lowest BCUT2D eigenvalue weighted by Gasteiger charge is -2.27. The molecule has 6 nitrogen and oxygen atoms in total. The van der Waals surface area contributed by atoms with Gasteiger partial charge in [0.05, 0.1) is 24.5 Å². The summed E-state index contributed by atoms with van der Waals surface area (Å²) in [6.07, 6.45) is 1.38. The van der Waals surface area contributed by atoms with Gasteiger partial charge in [0, 0.05) is 5.69 Å². The monoisotopic (exact) mass is 431 g/mol. The summed E-state index contributed by atoms with van der Waals surface area (Å²) in [7, 11) is 0. The number of ketones is 1. The van der Waals surface area contributed by atoms with Gasteiger partial charge in [-0.05, 0) is 60.4 Å². The third-order valence-corrected chi connectivity index (χ3v) is 5.54. The average Bonchev–Trinajstić information content (AvgIpc) is 3.42. The fraction of sp³-hybridized carbons (Fsp3) is 0.231. The van der Waals surface area contributed by atoms with Crippen molar-refractivity contribution in [1.82, 2.24) is 0 Å². The first-order chi connectivity index (χ1) is 15.4. The molecular weight excluding hydrogens is 406 g/mol. The molecule has 1 amide bonds. The normalized spacial score (nSPS) is 16.2. The minimum absolute atomic E-state index is 0.0120. The van der Waals surface area contributed by atoms with Crippen molar-refractivity contribution in [2.24, 2.45) is 0 Å². The summed E-state index contributed by atoms with van der Waals surface area (Å²) in [5, 5.41) is 10.8. The summed E-state index contributed by atoms with van der Waals surface area (Å²) >= 11 is 0. The maximum atomic E-state index is 13.2. The first kappa shape index (κ1) is 21.4. The summed E-state index contributed by atoms with van der Waals surface area (Å²) in [6.45, 7) is 6.60. The summed E-state index contributed by atoms with van der Waals surface area (Å²) in [5.74, 6) is -0.647. The number of benzene rings is 2. The smallest absolute Gasteiger partial charge is 0.294 e. The molecule has 0 aliphatic carbocycles. The van der Waals surface area contributed by atoms with Crippen LogP contribution in [0.4, 0.5) is 5.69 Å². The highest BCUT2D eigenvalue weighted by Crippen LogP contribution is 2.42. The summed E-state index contributed by atoms with van der Waals surface area (Å²) in [5.41, 5.74) is 2.38. The Balaban J connectivity index is 1.81. The van der Waals surface area contributed by atoms with Crippen molar-refractivity contribution in [3.05, 3.63) is 95.1 Å². The van der Waals surface area contributed by atoms with E-state index in [1.807, 2.05) is 31.2 Å². The van der Waals surface area contributed by atoms with Gasteiger partial charge in [0.25, 0.3) is 5.91 Å². The van der Waals surface area contributed by atoms with Gasteiger partial charge in [0.2, 0.25) is 5.78 Å². The second-order valence-electron chi connectivity index (χ2n) is 7.89. The molecule has 0 spiro atoms. The number of ether oxygens (including phenoxy) is 1. The zero-order valence-electron chi connectivity index (χ0n) is 18.2. The molecule has 6 heteroatoms. The second-order valence-corrected chi connectivity index (χ2v) is 7.89. The van der Waals surface area contributed by atoms with Crippen LogP contribution in [0.5, 0.6) is 5.75 Å². The van der Waals surface area contributed by atoms with Crippen molar-refractivity contribution in [2.45, 2.75) is 32.7 Å². The van der Waals surface area contributed by atoms with Crippen molar-refractivity contribution in [2.75, 3.05) is 11.5 Å². The molecule has 1 aliphatic heterocycles. The molecule has 0 saturated carbocycles. The molecule has 2 heterocycles. The third-order valence-electron chi connectivity index (χ3n) is 5.54. The molecule has 0 fully saturated rings. The van der Waals surface area contributed by atoms with Gasteiger partial charge in [-0.2, -0.15) is 0 Å². The fourth-order valence-corrected chi connectivity index (χ4v) is 3.89. The molecule has 1 aromatic heterocycles. The second kappa shape index (κ2) is 8.75. The van der Waals surface area contributed by atoms with Crippen LogP contribution in [0.1, 0.15) is 54.4 Å². The molecular formula is C26H25NO5. The SMILES string of the molecule is CCOc1ccc(C2C(C(=O)c3ccco3)=C(O)C(=O)N2c2ccc(C(C)C)cc2)cc1. The lowest BCUT2D eigenvalue weighted by Crippen LogP contribution is -2.31. The Morgan fingerprint density at radius 3 is 2.34 bits per heavy atom. The van der Waals surface area contributed by atoms with Gasteiger partial charge in [-0.1, -0.05) is 38.1 Å². The largest absolute Gasteiger partial charge is 0.503 e. The zero-order valence-corrected chi connectivity index (χ0v) is 18.2. The summed E-state index contributed by atoms with van der Waals surface area (Å²) < 4.78 is 10.8. The van der Waals surface area contributed by atoms with E-state index in [0.29, 0.717) is 29.5 Å². The van der Waals surface area contributed by atoms with Crippen molar-refractivity contribution in [1.29, 1.82) is 0 Å². The standard InChI is InChI=1S/C26H25NO5/c1-4-31-20-13-9-18(10-14-20)23-22(24(28)21-6-5-15-32-21)25(29)26(30)27(23)19-11-7-17(8-12-19)16(2)3/h5-16,23,29H,4H2,1-3H3. The van der Waals surface area contributed by atoms with E-state index in [0.717, 1.165) is 5.56 Å². The highest BCUT2D eigenvalue weighted by molar-refractivity contribution is 6.20. The topological polar surface area (TPSA) is 80.0 Å². The highest BCUT2D eigenvalue weighted by atomic mass is 16.5. The van der Waals surface area contributed by atoms with Crippen LogP contribution in [0.25, 0.3) is 0 Å². The molecule has 1 aliphatic rings. The van der Waals surface area contributed by atoms with Crippen molar-refractivity contribution in [3.8, 4) is 5.75 Å². The van der Waals surface area contributed by atoms with Crippen molar-refractivity contribution >= 4 is 17.4 Å². The zero-order chi connectivity index (χ0) is 22.8. The van der Waals surface area contributed by atoms with Crippen LogP contribution in [0.15, 0.2) is 82.7 Å². The van der Waals surface area contributed by atoms with Crippen LogP contribution in [-0.4, -0.2) is 23.4 Å². The van der Waals surface area contributed by atoms with Crippen LogP contribution < -0.4 is 9.64 Å². The van der Waals surface area contributed by atoms with Crippen LogP contribution in [0, 0.1) is 0 Å². The Bertz CT molecular complexity index is 1140. The maximum absolute atomic E-state index is 13.2. The molecule has 4 rings (SSSR count). The molecule has 32 heavy (non-hydrogen) atoms. The van der Waals surface area contributed by atoms with E-state index in [2.05, 4.69) is 13.8 Å². The highest BCUT2D eigenvalue weighted by Gasteiger charge is 2.45. The van der Waals surface area contributed by atoms with E-state index < -0.39 is 23.5 Å². The first-order valence-corrected chi connectivity index (χ1v) is 10.6. The fourth-order valence-electron chi connectivity index (χ4n) is 3.89. The van der Waals surface area contributed by atoms with Gasteiger partial charge in [0.15, 0.2) is 11.5 Å². The van der Waals surface area contributed by atoms with Gasteiger partial charge in [0.1, 0.15) is 5.75 Å². The molecule has 2 aromatic carbocycles. The summed E-state index contributed by atoms with van der Waals surface area (Å²) in [4.78, 5) is 27.8. The number of carbonyl (C=O) groups is 2. The number of rotatable bonds is 7. The quantitative estimate of drug-likeness (QED) is 0.494. The lowest BCUT2D eigenvalue weighted by atomic mass is 9.94. The number of carbonyl (C=O) groups excluding carboxylic acids is 2. The molecule has 0 saturated heterocycles. The van der Waals surface area contributed by atoms with E-state index in [1.165, 1.54) is 17.2 Å². The number of anilines is 1. The Hall–Kier alpha value is -3.80. The molecule has 1 unspecified atom stereocenters. The number of amides is 1. The third kappa shape index (κ3) is 3.80. The first-order valence-electron chi connectivity index (χ1n) is 10.6. The Labute approximate surface area is 186 Å². The number of furan rings is 1. The van der Waals surface area contributed by atoms with Crippen LogP contribution in [0.3, 0.4) is 0 Å². The Morgan fingerprint density at radius 2 is 1.78 bits per heavy atom. The van der Waals surface area contributed by atoms with Gasteiger partial charge in [-0.15, -0.1) is 0 Å². The van der Waals surface area contributed by atoms with Crippen LogP contribution >= 0.6 is 0 Å². The Kier molecular flexibility index (Phi) is 5.86.